The first kappa shape index (κ1) is 11.9. The maximum atomic E-state index is 12.3. The number of benzene rings is 1. The highest BCUT2D eigenvalue weighted by molar-refractivity contribution is 5.75. The van der Waals surface area contributed by atoms with Gasteiger partial charge in [-0.05, 0) is 19.1 Å². The number of halogens is 3. The number of para-hydroxylation sites is 2. The van der Waals surface area contributed by atoms with Crippen molar-refractivity contribution in [2.45, 2.75) is 25.7 Å². The Morgan fingerprint density at radius 3 is 2.65 bits per heavy atom. The summed E-state index contributed by atoms with van der Waals surface area (Å²) in [6.07, 6.45) is -6.99. The molecule has 0 saturated carbocycles. The van der Waals surface area contributed by atoms with Crippen molar-refractivity contribution in [2.75, 3.05) is 0 Å². The Balaban J connectivity index is 2.39. The Morgan fingerprint density at radius 1 is 1.35 bits per heavy atom. The van der Waals surface area contributed by atoms with Crippen molar-refractivity contribution >= 4 is 11.0 Å². The lowest BCUT2D eigenvalue weighted by Crippen LogP contribution is -2.33. The van der Waals surface area contributed by atoms with Gasteiger partial charge in [0.25, 0.3) is 0 Å². The minimum Gasteiger partial charge on any atom is -0.382 e. The molecule has 6 heteroatoms. The maximum Gasteiger partial charge on any atom is 0.416 e. The average Bonchev–Trinajstić information content (AvgIpc) is 2.54. The van der Waals surface area contributed by atoms with Crippen molar-refractivity contribution in [3.05, 3.63) is 30.1 Å². The zero-order valence-corrected chi connectivity index (χ0v) is 9.07. The Labute approximate surface area is 95.5 Å². The number of hydrogen-bond donors (Lipinski definition) is 1. The lowest BCUT2D eigenvalue weighted by atomic mass is 10.3. The van der Waals surface area contributed by atoms with Crippen LogP contribution in [0, 0.1) is 6.92 Å². The van der Waals surface area contributed by atoms with Crippen molar-refractivity contribution in [1.29, 1.82) is 0 Å². The van der Waals surface area contributed by atoms with E-state index in [1.165, 1.54) is 4.57 Å². The number of hydrogen-bond acceptors (Lipinski definition) is 2. The first-order chi connectivity index (χ1) is 7.89. The van der Waals surface area contributed by atoms with Crippen LogP contribution in [0.3, 0.4) is 0 Å². The third kappa shape index (κ3) is 2.26. The van der Waals surface area contributed by atoms with Crippen LogP contribution in [0.25, 0.3) is 11.0 Å². The van der Waals surface area contributed by atoms with E-state index in [4.69, 9.17) is 5.11 Å². The molecule has 92 valence electrons. The van der Waals surface area contributed by atoms with Gasteiger partial charge in [0.2, 0.25) is 0 Å². The Morgan fingerprint density at radius 2 is 2.00 bits per heavy atom. The van der Waals surface area contributed by atoms with Crippen molar-refractivity contribution < 1.29 is 18.3 Å². The van der Waals surface area contributed by atoms with E-state index in [1.54, 1.807) is 31.2 Å². The summed E-state index contributed by atoms with van der Waals surface area (Å²) in [6.45, 7) is 1.08. The van der Waals surface area contributed by atoms with E-state index < -0.39 is 18.8 Å². The molecule has 1 aromatic heterocycles. The fourth-order valence-electron chi connectivity index (χ4n) is 1.70. The molecule has 0 amide bonds. The molecule has 3 nitrogen and oxygen atoms in total. The second kappa shape index (κ2) is 4.03. The van der Waals surface area contributed by atoms with Crippen LogP contribution >= 0.6 is 0 Å². The lowest BCUT2D eigenvalue weighted by Gasteiger charge is -2.16. The van der Waals surface area contributed by atoms with Gasteiger partial charge in [-0.3, -0.25) is 0 Å². The van der Waals surface area contributed by atoms with Gasteiger partial charge >= 0.3 is 6.18 Å². The third-order valence-electron chi connectivity index (χ3n) is 2.58. The SMILES string of the molecule is Cc1nc2ccccc2n1C[C@@H](O)C(F)(F)F. The second-order valence-electron chi connectivity index (χ2n) is 3.82. The van der Waals surface area contributed by atoms with Gasteiger partial charge in [-0.15, -0.1) is 0 Å². The summed E-state index contributed by atoms with van der Waals surface area (Å²) in [5.41, 5.74) is 1.22. The van der Waals surface area contributed by atoms with Crippen LogP contribution in [0.2, 0.25) is 0 Å². The van der Waals surface area contributed by atoms with E-state index >= 15 is 0 Å². The summed E-state index contributed by atoms with van der Waals surface area (Å²) in [7, 11) is 0. The molecule has 1 heterocycles. The molecule has 2 rings (SSSR count). The topological polar surface area (TPSA) is 38.0 Å². The second-order valence-corrected chi connectivity index (χ2v) is 3.82. The van der Waals surface area contributed by atoms with Crippen molar-refractivity contribution in [2.24, 2.45) is 0 Å². The Hall–Kier alpha value is -1.56. The van der Waals surface area contributed by atoms with Crippen molar-refractivity contribution in [1.82, 2.24) is 9.55 Å². The summed E-state index contributed by atoms with van der Waals surface area (Å²) in [5.74, 6) is 0.453. The van der Waals surface area contributed by atoms with Crippen LogP contribution in [0.1, 0.15) is 5.82 Å². The smallest absolute Gasteiger partial charge is 0.382 e. The molecule has 0 unspecified atom stereocenters. The summed E-state index contributed by atoms with van der Waals surface area (Å²) in [6, 6.07) is 6.89. The highest BCUT2D eigenvalue weighted by Crippen LogP contribution is 2.23. The highest BCUT2D eigenvalue weighted by Gasteiger charge is 2.38. The predicted octanol–water partition coefficient (Wildman–Crippen LogP) is 2.27. The van der Waals surface area contributed by atoms with E-state index in [-0.39, 0.29) is 0 Å². The number of rotatable bonds is 2. The molecule has 0 bridgehead atoms. The van der Waals surface area contributed by atoms with Crippen LogP contribution in [-0.4, -0.2) is 26.9 Å². The van der Waals surface area contributed by atoms with Gasteiger partial charge in [-0.25, -0.2) is 4.98 Å². The van der Waals surface area contributed by atoms with Crippen LogP contribution in [0.4, 0.5) is 13.2 Å². The zero-order chi connectivity index (χ0) is 12.6. The predicted molar refractivity (Wildman–Crippen MR) is 56.5 cm³/mol. The summed E-state index contributed by atoms with van der Waals surface area (Å²) in [4.78, 5) is 4.13. The van der Waals surface area contributed by atoms with E-state index in [0.717, 1.165) is 0 Å². The van der Waals surface area contributed by atoms with Crippen LogP contribution < -0.4 is 0 Å². The molecular formula is C11H11F3N2O. The Kier molecular flexibility index (Phi) is 2.82. The molecular weight excluding hydrogens is 233 g/mol. The molecule has 0 aliphatic heterocycles. The Bertz CT molecular complexity index is 533. The minimum atomic E-state index is -4.61. The van der Waals surface area contributed by atoms with Gasteiger partial charge < -0.3 is 9.67 Å². The van der Waals surface area contributed by atoms with Crippen LogP contribution in [0.5, 0.6) is 0 Å². The first-order valence-electron chi connectivity index (χ1n) is 5.06. The number of alkyl halides is 3. The number of nitrogens with zero attached hydrogens (tertiary/aromatic N) is 2. The van der Waals surface area contributed by atoms with E-state index in [0.29, 0.717) is 16.9 Å². The van der Waals surface area contributed by atoms with E-state index in [2.05, 4.69) is 4.98 Å². The number of aliphatic hydroxyl groups is 1. The molecule has 2 aromatic rings. The molecule has 0 radical (unpaired) electrons. The number of fused-ring (bicyclic) bond motifs is 1. The third-order valence-corrected chi connectivity index (χ3v) is 2.58. The maximum absolute atomic E-state index is 12.3. The van der Waals surface area contributed by atoms with Crippen molar-refractivity contribution in [3.8, 4) is 0 Å². The fourth-order valence-corrected chi connectivity index (χ4v) is 1.70. The van der Waals surface area contributed by atoms with E-state index in [1.807, 2.05) is 0 Å². The van der Waals surface area contributed by atoms with Gasteiger partial charge in [0.15, 0.2) is 6.10 Å². The monoisotopic (exact) mass is 244 g/mol. The molecule has 1 N–H and O–H groups in total. The lowest BCUT2D eigenvalue weighted by molar-refractivity contribution is -0.207. The molecule has 0 aliphatic carbocycles. The minimum absolute atomic E-state index is 0.453. The largest absolute Gasteiger partial charge is 0.416 e. The number of aliphatic hydroxyl groups excluding tert-OH is 1. The van der Waals surface area contributed by atoms with Gasteiger partial charge in [-0.1, -0.05) is 12.1 Å². The molecule has 17 heavy (non-hydrogen) atoms. The zero-order valence-electron chi connectivity index (χ0n) is 9.07. The molecule has 0 fully saturated rings. The molecule has 0 saturated heterocycles. The van der Waals surface area contributed by atoms with Gasteiger partial charge in [0, 0.05) is 0 Å². The van der Waals surface area contributed by atoms with Crippen molar-refractivity contribution in [3.63, 3.8) is 0 Å². The number of aryl methyl sites for hydroxylation is 1. The molecule has 1 atom stereocenters. The standard InChI is InChI=1S/C11H11F3N2O/c1-7-15-8-4-2-3-5-9(8)16(7)6-10(17)11(12,13)14/h2-5,10,17H,6H2,1H3/t10-/m1/s1. The number of aromatic nitrogens is 2. The van der Waals surface area contributed by atoms with Gasteiger partial charge in [0.1, 0.15) is 5.82 Å². The quantitative estimate of drug-likeness (QED) is 0.880. The molecule has 0 aliphatic rings. The highest BCUT2D eigenvalue weighted by atomic mass is 19.4. The molecule has 0 spiro atoms. The van der Waals surface area contributed by atoms with Crippen LogP contribution in [0.15, 0.2) is 24.3 Å². The summed E-state index contributed by atoms with van der Waals surface area (Å²) in [5, 5.41) is 9.07. The average molecular weight is 244 g/mol. The van der Waals surface area contributed by atoms with Gasteiger partial charge in [-0.2, -0.15) is 13.2 Å². The first-order valence-corrected chi connectivity index (χ1v) is 5.06. The molecule has 1 aromatic carbocycles. The summed E-state index contributed by atoms with van der Waals surface area (Å²) < 4.78 is 38.2. The van der Waals surface area contributed by atoms with E-state index in [9.17, 15) is 13.2 Å². The normalized spacial score (nSPS) is 14.2. The summed E-state index contributed by atoms with van der Waals surface area (Å²) >= 11 is 0. The van der Waals surface area contributed by atoms with Crippen LogP contribution in [-0.2, 0) is 6.54 Å². The van der Waals surface area contributed by atoms with Gasteiger partial charge in [0.05, 0.1) is 17.6 Å². The fraction of sp³-hybridized carbons (Fsp3) is 0.364. The number of imidazole rings is 1.